The number of ether oxygens (including phenoxy) is 1. The van der Waals surface area contributed by atoms with Crippen LogP contribution in [0.25, 0.3) is 0 Å². The first-order chi connectivity index (χ1) is 14.8. The van der Waals surface area contributed by atoms with Gasteiger partial charge in [-0.05, 0) is 49.7 Å². The fourth-order valence-electron chi connectivity index (χ4n) is 3.55. The smallest absolute Gasteiger partial charge is 0.257 e. The maximum absolute atomic E-state index is 13.1. The standard InChI is InChI=1S/C22H25FN2O5S/c1-16(31(28,29)18-10-8-17(23)9-11-18)21(26)24-12-5-13-25(15-14-24)22(27)19-6-3-4-7-20(19)30-2/h3-4,6-11,16H,5,12-15H2,1-2H3. The fraction of sp³-hybridized carbons (Fsp3) is 0.364. The third-order valence-corrected chi connectivity index (χ3v) is 7.45. The third-order valence-electron chi connectivity index (χ3n) is 5.39. The van der Waals surface area contributed by atoms with Crippen molar-refractivity contribution in [3.63, 3.8) is 0 Å². The molecule has 166 valence electrons. The Kier molecular flexibility index (Phi) is 6.94. The second-order valence-electron chi connectivity index (χ2n) is 7.31. The molecule has 0 aromatic heterocycles. The van der Waals surface area contributed by atoms with Crippen LogP contribution in [-0.4, -0.2) is 68.6 Å². The second kappa shape index (κ2) is 9.47. The van der Waals surface area contributed by atoms with Gasteiger partial charge in [0.15, 0.2) is 9.84 Å². The van der Waals surface area contributed by atoms with Crippen molar-refractivity contribution in [2.75, 3.05) is 33.3 Å². The maximum atomic E-state index is 13.1. The Morgan fingerprint density at radius 1 is 0.968 bits per heavy atom. The van der Waals surface area contributed by atoms with E-state index in [0.717, 1.165) is 24.3 Å². The minimum atomic E-state index is -3.95. The SMILES string of the molecule is COc1ccccc1C(=O)N1CCCN(C(=O)C(C)S(=O)(=O)c2ccc(F)cc2)CC1. The summed E-state index contributed by atoms with van der Waals surface area (Å²) in [4.78, 5) is 28.9. The summed E-state index contributed by atoms with van der Waals surface area (Å²) in [5.74, 6) is -0.802. The normalized spacial score (nSPS) is 15.8. The molecule has 1 heterocycles. The van der Waals surface area contributed by atoms with Crippen LogP contribution in [0.4, 0.5) is 4.39 Å². The zero-order valence-electron chi connectivity index (χ0n) is 17.5. The lowest BCUT2D eigenvalue weighted by Crippen LogP contribution is -2.43. The molecule has 1 saturated heterocycles. The molecule has 0 aliphatic carbocycles. The zero-order chi connectivity index (χ0) is 22.6. The van der Waals surface area contributed by atoms with Gasteiger partial charge in [-0.15, -0.1) is 0 Å². The van der Waals surface area contributed by atoms with Crippen LogP contribution in [0.1, 0.15) is 23.7 Å². The van der Waals surface area contributed by atoms with E-state index in [1.165, 1.54) is 18.9 Å². The Labute approximate surface area is 181 Å². The van der Waals surface area contributed by atoms with Crippen molar-refractivity contribution < 1.29 is 27.1 Å². The highest BCUT2D eigenvalue weighted by Gasteiger charge is 2.34. The number of benzene rings is 2. The van der Waals surface area contributed by atoms with E-state index >= 15 is 0 Å². The van der Waals surface area contributed by atoms with Gasteiger partial charge in [-0.3, -0.25) is 9.59 Å². The third kappa shape index (κ3) is 4.87. The largest absolute Gasteiger partial charge is 0.496 e. The first-order valence-corrected chi connectivity index (χ1v) is 11.5. The first kappa shape index (κ1) is 22.7. The van der Waals surface area contributed by atoms with Gasteiger partial charge in [0.1, 0.15) is 16.8 Å². The summed E-state index contributed by atoms with van der Waals surface area (Å²) in [5, 5.41) is -1.31. The molecule has 2 aromatic rings. The highest BCUT2D eigenvalue weighted by molar-refractivity contribution is 7.92. The zero-order valence-corrected chi connectivity index (χ0v) is 18.3. The summed E-state index contributed by atoms with van der Waals surface area (Å²) in [6, 6.07) is 11.4. The molecule has 1 fully saturated rings. The monoisotopic (exact) mass is 448 g/mol. The number of para-hydroxylation sites is 1. The minimum absolute atomic E-state index is 0.0995. The maximum Gasteiger partial charge on any atom is 0.257 e. The van der Waals surface area contributed by atoms with Crippen LogP contribution in [0.5, 0.6) is 5.75 Å². The van der Waals surface area contributed by atoms with Gasteiger partial charge in [-0.1, -0.05) is 12.1 Å². The number of sulfone groups is 1. The number of carbonyl (C=O) groups excluding carboxylic acids is 2. The second-order valence-corrected chi connectivity index (χ2v) is 9.58. The molecule has 0 bridgehead atoms. The van der Waals surface area contributed by atoms with E-state index in [-0.39, 0.29) is 23.9 Å². The van der Waals surface area contributed by atoms with Gasteiger partial charge >= 0.3 is 0 Å². The van der Waals surface area contributed by atoms with Gasteiger partial charge in [-0.25, -0.2) is 12.8 Å². The summed E-state index contributed by atoms with van der Waals surface area (Å²) in [5.41, 5.74) is 0.442. The molecule has 2 amide bonds. The van der Waals surface area contributed by atoms with Gasteiger partial charge in [0.25, 0.3) is 5.91 Å². The molecule has 0 saturated carbocycles. The van der Waals surface area contributed by atoms with E-state index in [0.29, 0.717) is 30.8 Å². The Bertz CT molecular complexity index is 1060. The van der Waals surface area contributed by atoms with Gasteiger partial charge < -0.3 is 14.5 Å². The molecule has 3 rings (SSSR count). The lowest BCUT2D eigenvalue weighted by molar-refractivity contribution is -0.130. The number of hydrogen-bond acceptors (Lipinski definition) is 5. The highest BCUT2D eigenvalue weighted by Crippen LogP contribution is 2.22. The molecule has 1 unspecified atom stereocenters. The molecule has 1 aliphatic rings. The number of carbonyl (C=O) groups is 2. The Morgan fingerprint density at radius 3 is 2.26 bits per heavy atom. The van der Waals surface area contributed by atoms with Crippen LogP contribution in [-0.2, 0) is 14.6 Å². The van der Waals surface area contributed by atoms with Crippen LogP contribution in [0, 0.1) is 5.82 Å². The molecular formula is C22H25FN2O5S. The van der Waals surface area contributed by atoms with Crippen LogP contribution in [0.3, 0.4) is 0 Å². The van der Waals surface area contributed by atoms with Crippen LogP contribution < -0.4 is 4.74 Å². The molecule has 1 atom stereocenters. The van der Waals surface area contributed by atoms with Gasteiger partial charge in [0.2, 0.25) is 5.91 Å². The lowest BCUT2D eigenvalue weighted by atomic mass is 10.1. The predicted octanol–water partition coefficient (Wildman–Crippen LogP) is 2.37. The number of methoxy groups -OCH3 is 1. The molecule has 0 radical (unpaired) electrons. The van der Waals surface area contributed by atoms with Crippen molar-refractivity contribution in [1.82, 2.24) is 9.80 Å². The van der Waals surface area contributed by atoms with Crippen LogP contribution >= 0.6 is 0 Å². The molecule has 0 N–H and O–H groups in total. The first-order valence-electron chi connectivity index (χ1n) is 9.96. The summed E-state index contributed by atoms with van der Waals surface area (Å²) >= 11 is 0. The topological polar surface area (TPSA) is 84.0 Å². The van der Waals surface area contributed by atoms with Crippen molar-refractivity contribution in [3.05, 3.63) is 59.9 Å². The number of amides is 2. The average molecular weight is 449 g/mol. The van der Waals surface area contributed by atoms with E-state index in [2.05, 4.69) is 0 Å². The Hall–Kier alpha value is -2.94. The van der Waals surface area contributed by atoms with Crippen LogP contribution in [0.15, 0.2) is 53.4 Å². The Morgan fingerprint density at radius 2 is 1.58 bits per heavy atom. The number of hydrogen-bond donors (Lipinski definition) is 0. The minimum Gasteiger partial charge on any atom is -0.496 e. The lowest BCUT2D eigenvalue weighted by Gasteiger charge is -2.25. The van der Waals surface area contributed by atoms with E-state index in [1.807, 2.05) is 0 Å². The van der Waals surface area contributed by atoms with Gasteiger partial charge in [-0.2, -0.15) is 0 Å². The van der Waals surface area contributed by atoms with Gasteiger partial charge in [0, 0.05) is 26.2 Å². The van der Waals surface area contributed by atoms with Crippen LogP contribution in [0.2, 0.25) is 0 Å². The molecule has 7 nitrogen and oxygen atoms in total. The number of rotatable bonds is 5. The van der Waals surface area contributed by atoms with E-state index < -0.39 is 26.8 Å². The molecule has 9 heteroatoms. The molecule has 1 aliphatic heterocycles. The van der Waals surface area contributed by atoms with E-state index in [4.69, 9.17) is 4.74 Å². The van der Waals surface area contributed by atoms with Crippen molar-refractivity contribution in [1.29, 1.82) is 0 Å². The molecular weight excluding hydrogens is 423 g/mol. The fourth-order valence-corrected chi connectivity index (χ4v) is 4.89. The summed E-state index contributed by atoms with van der Waals surface area (Å²) in [7, 11) is -2.46. The van der Waals surface area contributed by atoms with Crippen molar-refractivity contribution in [3.8, 4) is 5.75 Å². The summed E-state index contributed by atoms with van der Waals surface area (Å²) < 4.78 is 44.0. The average Bonchev–Trinajstić information content (AvgIpc) is 3.04. The number of halogens is 1. The predicted molar refractivity (Wildman–Crippen MR) is 113 cm³/mol. The molecule has 2 aromatic carbocycles. The molecule has 0 spiro atoms. The van der Waals surface area contributed by atoms with Crippen molar-refractivity contribution >= 4 is 21.7 Å². The van der Waals surface area contributed by atoms with E-state index in [1.54, 1.807) is 29.2 Å². The Balaban J connectivity index is 1.70. The number of nitrogens with zero attached hydrogens (tertiary/aromatic N) is 2. The van der Waals surface area contributed by atoms with Crippen molar-refractivity contribution in [2.24, 2.45) is 0 Å². The highest BCUT2D eigenvalue weighted by atomic mass is 32.2. The quantitative estimate of drug-likeness (QED) is 0.656. The summed E-state index contributed by atoms with van der Waals surface area (Å²) in [6.45, 7) is 2.64. The summed E-state index contributed by atoms with van der Waals surface area (Å²) in [6.07, 6.45) is 0.524. The van der Waals surface area contributed by atoms with Gasteiger partial charge in [0.05, 0.1) is 17.6 Å². The van der Waals surface area contributed by atoms with Crippen molar-refractivity contribution in [2.45, 2.75) is 23.5 Å². The molecule has 31 heavy (non-hydrogen) atoms. The van der Waals surface area contributed by atoms with E-state index in [9.17, 15) is 22.4 Å².